The molecule has 3 aromatic rings. The van der Waals surface area contributed by atoms with Crippen molar-refractivity contribution in [3.8, 4) is 17.0 Å². The molecular weight excluding hydrogens is 713 g/mol. The molecule has 4 fully saturated rings. The number of aromatic nitrogens is 1. The Morgan fingerprint density at radius 2 is 1.75 bits per heavy atom. The lowest BCUT2D eigenvalue weighted by molar-refractivity contribution is -0.129. The number of allylic oxidation sites excluding steroid dienone is 1. The Kier molecular flexibility index (Phi) is 10.4. The van der Waals surface area contributed by atoms with Gasteiger partial charge in [-0.3, -0.25) is 14.5 Å². The van der Waals surface area contributed by atoms with Crippen LogP contribution in [-0.4, -0.2) is 91.4 Å². The fourth-order valence-electron chi connectivity index (χ4n) is 9.33. The Labute approximate surface area is 324 Å². The Morgan fingerprint density at radius 1 is 0.945 bits per heavy atom. The molecule has 4 heterocycles. The minimum atomic E-state index is -3.85. The molecule has 11 nitrogen and oxygen atoms in total. The van der Waals surface area contributed by atoms with Gasteiger partial charge in [-0.2, -0.15) is 0 Å². The van der Waals surface area contributed by atoms with Crippen molar-refractivity contribution in [3.05, 3.63) is 69.9 Å². The van der Waals surface area contributed by atoms with E-state index in [-0.39, 0.29) is 17.5 Å². The standard InChI is InChI=1S/C43H54N6O5S/c1-27(2)55(52,53)46-42(50)29-14-16-36-38(23-29)49-25-31(21-30-22-34(54-3)15-17-35(30)41(49)39(36)28-9-5-4-6-10-28)40(45-32-11-7-12-32)37(24-44)43(51)48-20-19-47-18-8-13-33(47)26-48/h14-17,21-24,27-28,32-33,44-45H,4-13,18-20,25-26H2,1-3H3,(H,46,50)/b40-37+,44-24?/t33-/m0/s1. The first-order valence-electron chi connectivity index (χ1n) is 20.2. The van der Waals surface area contributed by atoms with Crippen LogP contribution >= 0.6 is 0 Å². The van der Waals surface area contributed by atoms with Crippen molar-refractivity contribution in [1.29, 1.82) is 5.41 Å². The first kappa shape index (κ1) is 37.5. The van der Waals surface area contributed by atoms with E-state index in [0.717, 1.165) is 110 Å². The molecule has 0 spiro atoms. The molecule has 1 aromatic heterocycles. The van der Waals surface area contributed by atoms with Crippen LogP contribution in [0, 0.1) is 5.41 Å². The Morgan fingerprint density at radius 3 is 2.45 bits per heavy atom. The lowest BCUT2D eigenvalue weighted by atomic mass is 9.81. The molecule has 2 aromatic carbocycles. The monoisotopic (exact) mass is 766 g/mol. The normalized spacial score (nSPS) is 21.1. The SMILES string of the molecule is COc1ccc2c(c1)C=C(/C(NC1CCC1)=C(/C=N)C(=O)N1CCN3CCC[C@H]3C1)Cn1c-2c(C2CCCCC2)c2ccc(C(=O)NS(=O)(=O)C(C)C)cc21. The topological polar surface area (TPSA) is 137 Å². The number of nitrogens with zero attached hydrogens (tertiary/aromatic N) is 3. The predicted molar refractivity (Wildman–Crippen MR) is 217 cm³/mol. The molecule has 8 rings (SSSR count). The lowest BCUT2D eigenvalue weighted by Gasteiger charge is -2.38. The molecule has 2 saturated heterocycles. The van der Waals surface area contributed by atoms with Crippen LogP contribution in [0.1, 0.15) is 105 Å². The summed E-state index contributed by atoms with van der Waals surface area (Å²) >= 11 is 0. The second-order valence-corrected chi connectivity index (χ2v) is 18.6. The third-order valence-corrected chi connectivity index (χ3v) is 14.4. The van der Waals surface area contributed by atoms with E-state index in [2.05, 4.69) is 37.7 Å². The fraction of sp³-hybridized carbons (Fsp3) is 0.512. The molecule has 292 valence electrons. The van der Waals surface area contributed by atoms with Crippen molar-refractivity contribution >= 4 is 45.0 Å². The van der Waals surface area contributed by atoms with E-state index >= 15 is 0 Å². The van der Waals surface area contributed by atoms with E-state index in [1.165, 1.54) is 18.2 Å². The van der Waals surface area contributed by atoms with Crippen LogP contribution in [0.25, 0.3) is 28.2 Å². The van der Waals surface area contributed by atoms with E-state index < -0.39 is 21.2 Å². The Balaban J connectivity index is 1.32. The summed E-state index contributed by atoms with van der Waals surface area (Å²) in [5, 5.41) is 12.8. The molecule has 2 amide bonds. The maximum absolute atomic E-state index is 14.6. The van der Waals surface area contributed by atoms with Crippen LogP contribution < -0.4 is 14.8 Å². The van der Waals surface area contributed by atoms with Crippen molar-refractivity contribution in [1.82, 2.24) is 24.4 Å². The Hall–Kier alpha value is -4.42. The average Bonchev–Trinajstić information content (AvgIpc) is 3.72. The zero-order valence-corrected chi connectivity index (χ0v) is 33.1. The number of benzene rings is 2. The highest BCUT2D eigenvalue weighted by atomic mass is 32.2. The summed E-state index contributed by atoms with van der Waals surface area (Å²) in [6.07, 6.45) is 14.3. The van der Waals surface area contributed by atoms with Gasteiger partial charge < -0.3 is 24.9 Å². The first-order valence-corrected chi connectivity index (χ1v) is 21.8. The number of carbonyl (C=O) groups excluding carboxylic acids is 2. The van der Waals surface area contributed by atoms with Gasteiger partial charge in [-0.25, -0.2) is 13.1 Å². The van der Waals surface area contributed by atoms with E-state index in [9.17, 15) is 18.0 Å². The van der Waals surface area contributed by atoms with Gasteiger partial charge in [0.25, 0.3) is 11.8 Å². The van der Waals surface area contributed by atoms with Gasteiger partial charge in [0.15, 0.2) is 0 Å². The second kappa shape index (κ2) is 15.3. The van der Waals surface area contributed by atoms with Crippen molar-refractivity contribution in [2.75, 3.05) is 33.3 Å². The molecule has 1 atom stereocenters. The van der Waals surface area contributed by atoms with Crippen LogP contribution in [0.4, 0.5) is 0 Å². The van der Waals surface area contributed by atoms with Gasteiger partial charge in [0, 0.05) is 60.0 Å². The molecule has 0 radical (unpaired) electrons. The van der Waals surface area contributed by atoms with Crippen molar-refractivity contribution in [2.45, 2.75) is 108 Å². The van der Waals surface area contributed by atoms with Gasteiger partial charge >= 0.3 is 0 Å². The molecule has 5 aliphatic rings. The van der Waals surface area contributed by atoms with Gasteiger partial charge in [-0.15, -0.1) is 0 Å². The number of rotatable bonds is 10. The molecule has 2 aliphatic carbocycles. The van der Waals surface area contributed by atoms with Crippen LogP contribution in [0.3, 0.4) is 0 Å². The van der Waals surface area contributed by atoms with E-state index in [0.29, 0.717) is 42.9 Å². The van der Waals surface area contributed by atoms with Crippen LogP contribution in [-0.2, 0) is 21.4 Å². The maximum atomic E-state index is 14.6. The zero-order chi connectivity index (χ0) is 38.4. The summed E-state index contributed by atoms with van der Waals surface area (Å²) in [4.78, 5) is 32.6. The molecule has 2 saturated carbocycles. The highest BCUT2D eigenvalue weighted by molar-refractivity contribution is 7.90. The zero-order valence-electron chi connectivity index (χ0n) is 32.3. The minimum absolute atomic E-state index is 0.120. The number of sulfonamides is 1. The minimum Gasteiger partial charge on any atom is -0.497 e. The number of hydrogen-bond donors (Lipinski definition) is 3. The van der Waals surface area contributed by atoms with Crippen LogP contribution in [0.2, 0.25) is 0 Å². The molecule has 12 heteroatoms. The summed E-state index contributed by atoms with van der Waals surface area (Å²) in [6, 6.07) is 12.3. The van der Waals surface area contributed by atoms with Crippen molar-refractivity contribution in [3.63, 3.8) is 0 Å². The number of amides is 2. The largest absolute Gasteiger partial charge is 0.497 e. The molecule has 0 unspecified atom stereocenters. The Bertz CT molecular complexity index is 2190. The van der Waals surface area contributed by atoms with Crippen molar-refractivity contribution < 1.29 is 22.7 Å². The number of ether oxygens (including phenoxy) is 1. The molecule has 0 bridgehead atoms. The predicted octanol–water partition coefficient (Wildman–Crippen LogP) is 6.58. The highest BCUT2D eigenvalue weighted by Gasteiger charge is 2.36. The molecular formula is C43H54N6O5S. The lowest BCUT2D eigenvalue weighted by Crippen LogP contribution is -2.52. The average molecular weight is 767 g/mol. The smallest absolute Gasteiger partial charge is 0.264 e. The molecule has 3 N–H and O–H groups in total. The first-order chi connectivity index (χ1) is 26.6. The summed E-state index contributed by atoms with van der Waals surface area (Å²) in [5.41, 5.74) is 7.32. The number of hydrogen-bond acceptors (Lipinski definition) is 8. The third-order valence-electron chi connectivity index (χ3n) is 12.7. The number of nitrogens with one attached hydrogen (secondary N) is 3. The van der Waals surface area contributed by atoms with E-state index in [1.54, 1.807) is 27.0 Å². The number of carbonyl (C=O) groups is 2. The fourth-order valence-corrected chi connectivity index (χ4v) is 9.94. The van der Waals surface area contributed by atoms with Crippen molar-refractivity contribution in [2.24, 2.45) is 0 Å². The quantitative estimate of drug-likeness (QED) is 0.157. The highest BCUT2D eigenvalue weighted by Crippen LogP contribution is 2.47. The maximum Gasteiger partial charge on any atom is 0.264 e. The van der Waals surface area contributed by atoms with Crippen LogP contribution in [0.15, 0.2) is 53.2 Å². The van der Waals surface area contributed by atoms with Crippen LogP contribution in [0.5, 0.6) is 5.75 Å². The summed E-state index contributed by atoms with van der Waals surface area (Å²) in [6.45, 7) is 6.70. The third kappa shape index (κ3) is 7.12. The van der Waals surface area contributed by atoms with Gasteiger partial charge in [-0.05, 0) is 124 Å². The van der Waals surface area contributed by atoms with Gasteiger partial charge in [-0.1, -0.05) is 25.3 Å². The number of fused-ring (bicyclic) bond motifs is 6. The molecule has 3 aliphatic heterocycles. The van der Waals surface area contributed by atoms with Gasteiger partial charge in [0.05, 0.1) is 35.9 Å². The second-order valence-electron chi connectivity index (χ2n) is 16.4. The summed E-state index contributed by atoms with van der Waals surface area (Å²) in [7, 11) is -2.18. The van der Waals surface area contributed by atoms with Gasteiger partial charge in [0.2, 0.25) is 10.0 Å². The van der Waals surface area contributed by atoms with E-state index in [4.69, 9.17) is 10.1 Å². The van der Waals surface area contributed by atoms with Gasteiger partial charge in [0.1, 0.15) is 5.75 Å². The van der Waals surface area contributed by atoms with E-state index in [1.807, 2.05) is 23.1 Å². The number of piperazine rings is 1. The summed E-state index contributed by atoms with van der Waals surface area (Å²) < 4.78 is 35.9. The summed E-state index contributed by atoms with van der Waals surface area (Å²) in [5.74, 6) is 0.246. The molecule has 55 heavy (non-hydrogen) atoms. The number of methoxy groups -OCH3 is 1.